The third-order valence-electron chi connectivity index (χ3n) is 7.08. The number of rotatable bonds is 5. The second-order valence-electron chi connectivity index (χ2n) is 8.72. The first kappa shape index (κ1) is 19.8. The number of Topliss-reactive ketones (excluding diaryl/α,β-unsaturated/α-hetero) is 1. The minimum Gasteiger partial charge on any atom is -0.427 e. The summed E-state index contributed by atoms with van der Waals surface area (Å²) in [6.45, 7) is 7.91. The summed E-state index contributed by atoms with van der Waals surface area (Å²) >= 11 is 0. The predicted octanol–water partition coefficient (Wildman–Crippen LogP) is 4.41. The Morgan fingerprint density at radius 2 is 1.93 bits per heavy atom. The summed E-state index contributed by atoms with van der Waals surface area (Å²) in [5, 5.41) is 0. The third kappa shape index (κ3) is 3.74. The monoisotopic (exact) mass is 391 g/mol. The van der Waals surface area contributed by atoms with Crippen LogP contribution in [0.3, 0.4) is 0 Å². The summed E-state index contributed by atoms with van der Waals surface area (Å²) in [5.74, 6) is 1.05. The fourth-order valence-corrected chi connectivity index (χ4v) is 5.21. The van der Waals surface area contributed by atoms with E-state index in [0.29, 0.717) is 24.1 Å². The smallest absolute Gasteiger partial charge is 0.308 e. The van der Waals surface area contributed by atoms with Crippen molar-refractivity contribution in [3.8, 4) is 5.75 Å². The van der Waals surface area contributed by atoms with Crippen LogP contribution in [0.2, 0.25) is 0 Å². The fourth-order valence-electron chi connectivity index (χ4n) is 5.21. The van der Waals surface area contributed by atoms with Crippen molar-refractivity contribution >= 4 is 11.8 Å². The first-order valence-electron chi connectivity index (χ1n) is 10.5. The number of ketones is 1. The number of nitrogens with zero attached hydrogens (tertiary/aromatic N) is 1. The number of benzene rings is 2. The van der Waals surface area contributed by atoms with Crippen LogP contribution in [-0.2, 0) is 16.6 Å². The molecule has 3 atom stereocenters. The van der Waals surface area contributed by atoms with Crippen LogP contribution < -0.4 is 4.74 Å². The average molecular weight is 392 g/mol. The number of fused-ring (bicyclic) bond motifs is 4. The first-order chi connectivity index (χ1) is 13.9. The maximum atomic E-state index is 12.6. The van der Waals surface area contributed by atoms with Gasteiger partial charge in [-0.25, -0.2) is 0 Å². The van der Waals surface area contributed by atoms with E-state index in [1.165, 1.54) is 18.1 Å². The minimum atomic E-state index is -0.283. The van der Waals surface area contributed by atoms with Gasteiger partial charge in [0.25, 0.3) is 0 Å². The zero-order valence-corrected chi connectivity index (χ0v) is 17.5. The number of carbonyl (C=O) groups excluding carboxylic acids is 2. The van der Waals surface area contributed by atoms with Crippen molar-refractivity contribution in [2.75, 3.05) is 13.1 Å². The van der Waals surface area contributed by atoms with E-state index in [9.17, 15) is 9.59 Å². The summed E-state index contributed by atoms with van der Waals surface area (Å²) in [7, 11) is 0. The largest absolute Gasteiger partial charge is 0.427 e. The molecule has 1 fully saturated rings. The van der Waals surface area contributed by atoms with Gasteiger partial charge in [-0.2, -0.15) is 0 Å². The molecule has 1 aliphatic carbocycles. The Hall–Kier alpha value is -2.46. The van der Waals surface area contributed by atoms with Gasteiger partial charge in [-0.15, -0.1) is 0 Å². The lowest BCUT2D eigenvalue weighted by Crippen LogP contribution is -2.58. The highest BCUT2D eigenvalue weighted by molar-refractivity contribution is 5.96. The van der Waals surface area contributed by atoms with Gasteiger partial charge in [0.1, 0.15) is 5.75 Å². The maximum absolute atomic E-state index is 12.6. The number of esters is 1. The molecule has 0 radical (unpaired) electrons. The fraction of sp³-hybridized carbons (Fsp3) is 0.440. The Morgan fingerprint density at radius 3 is 2.66 bits per heavy atom. The lowest BCUT2D eigenvalue weighted by Gasteiger charge is -2.54. The normalized spacial score (nSPS) is 25.9. The molecule has 152 valence electrons. The topological polar surface area (TPSA) is 46.6 Å². The summed E-state index contributed by atoms with van der Waals surface area (Å²) in [6.07, 6.45) is 2.58. The molecule has 0 N–H and O–H groups in total. The molecule has 0 spiro atoms. The van der Waals surface area contributed by atoms with Crippen LogP contribution in [0.15, 0.2) is 48.5 Å². The molecule has 0 saturated carbocycles. The average Bonchev–Trinajstić information content (AvgIpc) is 2.70. The Labute approximate surface area is 172 Å². The number of likely N-dealkylation sites (tertiary alicyclic amines) is 1. The van der Waals surface area contributed by atoms with Crippen molar-refractivity contribution in [1.82, 2.24) is 4.90 Å². The van der Waals surface area contributed by atoms with Crippen LogP contribution in [0.25, 0.3) is 0 Å². The van der Waals surface area contributed by atoms with E-state index in [-0.39, 0.29) is 17.2 Å². The van der Waals surface area contributed by atoms with Gasteiger partial charge in [0.2, 0.25) is 0 Å². The molecular formula is C25H29NO3. The highest BCUT2D eigenvalue weighted by atomic mass is 16.5. The highest BCUT2D eigenvalue weighted by Gasteiger charge is 2.48. The van der Waals surface area contributed by atoms with E-state index in [1.807, 2.05) is 36.4 Å². The third-order valence-corrected chi connectivity index (χ3v) is 7.08. The Kier molecular flexibility index (Phi) is 5.30. The van der Waals surface area contributed by atoms with E-state index in [1.54, 1.807) is 0 Å². The van der Waals surface area contributed by atoms with Crippen molar-refractivity contribution in [2.24, 2.45) is 5.92 Å². The standard InChI is InChI=1S/C25H29NO3/c1-17-23-15-20-9-10-21(29-18(2)27)16-22(20)25(17,3)12-14-26(23)13-11-24(28)19-7-5-4-6-8-19/h4-10,16-17,23H,11-15H2,1-3H3/t17-,23?,25-/m0/s1. The number of hydrogen-bond acceptors (Lipinski definition) is 4. The molecule has 4 heteroatoms. The van der Waals surface area contributed by atoms with Gasteiger partial charge in [0.05, 0.1) is 0 Å². The van der Waals surface area contributed by atoms with Gasteiger partial charge >= 0.3 is 5.97 Å². The highest BCUT2D eigenvalue weighted by Crippen LogP contribution is 2.49. The van der Waals surface area contributed by atoms with E-state index in [4.69, 9.17) is 4.74 Å². The summed E-state index contributed by atoms with van der Waals surface area (Å²) in [6, 6.07) is 16.1. The molecule has 2 aromatic carbocycles. The summed E-state index contributed by atoms with van der Waals surface area (Å²) in [5.41, 5.74) is 3.52. The van der Waals surface area contributed by atoms with Gasteiger partial charge in [-0.3, -0.25) is 14.5 Å². The molecule has 2 aliphatic rings. The Morgan fingerprint density at radius 1 is 1.17 bits per heavy atom. The van der Waals surface area contributed by atoms with Gasteiger partial charge in [-0.05, 0) is 54.0 Å². The van der Waals surface area contributed by atoms with Crippen molar-refractivity contribution in [1.29, 1.82) is 0 Å². The Bertz CT molecular complexity index is 923. The Balaban J connectivity index is 1.52. The maximum Gasteiger partial charge on any atom is 0.308 e. The predicted molar refractivity (Wildman–Crippen MR) is 113 cm³/mol. The van der Waals surface area contributed by atoms with Crippen molar-refractivity contribution < 1.29 is 14.3 Å². The molecule has 29 heavy (non-hydrogen) atoms. The second kappa shape index (κ2) is 7.75. The molecule has 1 unspecified atom stereocenters. The second-order valence-corrected chi connectivity index (χ2v) is 8.72. The van der Waals surface area contributed by atoms with E-state index < -0.39 is 0 Å². The van der Waals surface area contributed by atoms with Crippen LogP contribution in [0.5, 0.6) is 5.75 Å². The van der Waals surface area contributed by atoms with Gasteiger partial charge in [0.15, 0.2) is 5.78 Å². The zero-order chi connectivity index (χ0) is 20.6. The van der Waals surface area contributed by atoms with Crippen LogP contribution in [0, 0.1) is 5.92 Å². The zero-order valence-electron chi connectivity index (χ0n) is 17.5. The van der Waals surface area contributed by atoms with Gasteiger partial charge in [0, 0.05) is 31.5 Å². The quantitative estimate of drug-likeness (QED) is 0.430. The van der Waals surface area contributed by atoms with Gasteiger partial charge in [-0.1, -0.05) is 50.2 Å². The molecular weight excluding hydrogens is 362 g/mol. The molecule has 4 nitrogen and oxygen atoms in total. The molecule has 1 aliphatic heterocycles. The molecule has 4 rings (SSSR count). The van der Waals surface area contributed by atoms with Crippen LogP contribution in [0.1, 0.15) is 55.1 Å². The SMILES string of the molecule is CC(=O)Oc1ccc2c(c1)[C@@]1(C)CCN(CCC(=O)c3ccccc3)C(C2)[C@@H]1C. The van der Waals surface area contributed by atoms with E-state index >= 15 is 0 Å². The van der Waals surface area contributed by atoms with Gasteiger partial charge < -0.3 is 4.74 Å². The van der Waals surface area contributed by atoms with Crippen LogP contribution >= 0.6 is 0 Å². The van der Waals surface area contributed by atoms with Crippen molar-refractivity contribution in [3.63, 3.8) is 0 Å². The molecule has 0 amide bonds. The summed E-state index contributed by atoms with van der Waals surface area (Å²) in [4.78, 5) is 26.4. The summed E-state index contributed by atoms with van der Waals surface area (Å²) < 4.78 is 5.34. The number of carbonyl (C=O) groups is 2. The molecule has 2 aromatic rings. The number of ether oxygens (including phenoxy) is 1. The number of hydrogen-bond donors (Lipinski definition) is 0. The molecule has 1 saturated heterocycles. The first-order valence-corrected chi connectivity index (χ1v) is 10.5. The van der Waals surface area contributed by atoms with Crippen molar-refractivity contribution in [3.05, 3.63) is 65.2 Å². The lowest BCUT2D eigenvalue weighted by molar-refractivity contribution is -0.131. The molecule has 1 heterocycles. The molecule has 0 aromatic heterocycles. The van der Waals surface area contributed by atoms with E-state index in [2.05, 4.69) is 30.9 Å². The van der Waals surface area contributed by atoms with E-state index in [0.717, 1.165) is 31.5 Å². The van der Waals surface area contributed by atoms with Crippen LogP contribution in [-0.4, -0.2) is 35.8 Å². The van der Waals surface area contributed by atoms with Crippen molar-refractivity contribution in [2.45, 2.75) is 51.5 Å². The lowest BCUT2D eigenvalue weighted by atomic mass is 9.59. The van der Waals surface area contributed by atoms with Crippen LogP contribution in [0.4, 0.5) is 0 Å². The number of piperidine rings is 1. The minimum absolute atomic E-state index is 0.0638. The molecule has 2 bridgehead atoms.